The highest BCUT2D eigenvalue weighted by molar-refractivity contribution is 5.27. The Hall–Kier alpha value is -1.72. The van der Waals surface area contributed by atoms with E-state index in [1.807, 2.05) is 30.3 Å². The van der Waals surface area contributed by atoms with Gasteiger partial charge in [-0.1, -0.05) is 36.9 Å². The van der Waals surface area contributed by atoms with Crippen LogP contribution in [0.5, 0.6) is 0 Å². The average Bonchev–Trinajstić information content (AvgIpc) is 3.01. The summed E-state index contributed by atoms with van der Waals surface area (Å²) in [5.41, 5.74) is 0.564. The first kappa shape index (κ1) is 14.2. The first-order chi connectivity index (χ1) is 10.1. The lowest BCUT2D eigenvalue weighted by molar-refractivity contribution is -0.561. The first-order valence-electron chi connectivity index (χ1n) is 7.25. The number of hydrogen-bond acceptors (Lipinski definition) is 4. The maximum Gasteiger partial charge on any atom is 0.271 e. The van der Waals surface area contributed by atoms with Gasteiger partial charge in [0.2, 0.25) is 0 Å². The van der Waals surface area contributed by atoms with Crippen LogP contribution in [0, 0.1) is 10.1 Å². The summed E-state index contributed by atoms with van der Waals surface area (Å²) in [6.07, 6.45) is 1.37. The zero-order valence-corrected chi connectivity index (χ0v) is 11.9. The highest BCUT2D eigenvalue weighted by Crippen LogP contribution is 2.47. The van der Waals surface area contributed by atoms with E-state index >= 15 is 0 Å². The molecule has 3 atom stereocenters. The Kier molecular flexibility index (Phi) is 3.78. The SMILES string of the molecule is C=C1C(COCc2ccccc2)O[C@@H]2CCC[C@]12[N+](=O)[O-]. The van der Waals surface area contributed by atoms with E-state index < -0.39 is 5.54 Å². The van der Waals surface area contributed by atoms with Gasteiger partial charge in [0.15, 0.2) is 0 Å². The molecule has 1 heterocycles. The zero-order valence-electron chi connectivity index (χ0n) is 11.9. The minimum atomic E-state index is -1.08. The van der Waals surface area contributed by atoms with Gasteiger partial charge in [0.05, 0.1) is 13.2 Å². The molecule has 2 aliphatic rings. The maximum atomic E-state index is 11.5. The number of rotatable bonds is 5. The third kappa shape index (κ3) is 2.36. The van der Waals surface area contributed by atoms with E-state index in [0.29, 0.717) is 25.2 Å². The Morgan fingerprint density at radius 2 is 2.19 bits per heavy atom. The van der Waals surface area contributed by atoms with Gasteiger partial charge in [0, 0.05) is 16.9 Å². The van der Waals surface area contributed by atoms with Crippen LogP contribution in [0.4, 0.5) is 0 Å². The third-order valence-electron chi connectivity index (χ3n) is 4.54. The Morgan fingerprint density at radius 3 is 2.86 bits per heavy atom. The molecule has 5 heteroatoms. The number of benzene rings is 1. The van der Waals surface area contributed by atoms with Gasteiger partial charge in [-0.2, -0.15) is 0 Å². The molecule has 0 bridgehead atoms. The predicted octanol–water partition coefficient (Wildman–Crippen LogP) is 2.73. The molecule has 1 aromatic carbocycles. The largest absolute Gasteiger partial charge is 0.374 e. The monoisotopic (exact) mass is 289 g/mol. The lowest BCUT2D eigenvalue weighted by Gasteiger charge is -2.19. The molecule has 0 N–H and O–H groups in total. The fourth-order valence-electron chi connectivity index (χ4n) is 3.39. The summed E-state index contributed by atoms with van der Waals surface area (Å²) in [7, 11) is 0. The highest BCUT2D eigenvalue weighted by Gasteiger charge is 2.63. The Labute approximate surface area is 123 Å². The number of nitrogens with zero attached hydrogens (tertiary/aromatic N) is 1. The van der Waals surface area contributed by atoms with Crippen LogP contribution in [0.3, 0.4) is 0 Å². The normalized spacial score (nSPS) is 31.3. The lowest BCUT2D eigenvalue weighted by Crippen LogP contribution is -2.43. The third-order valence-corrected chi connectivity index (χ3v) is 4.54. The highest BCUT2D eigenvalue weighted by atomic mass is 16.6. The summed E-state index contributed by atoms with van der Waals surface area (Å²) in [4.78, 5) is 11.3. The minimum absolute atomic E-state index is 0.204. The average molecular weight is 289 g/mol. The second kappa shape index (κ2) is 5.58. The molecule has 3 rings (SSSR count). The van der Waals surface area contributed by atoms with E-state index in [4.69, 9.17) is 9.47 Å². The molecule has 1 saturated heterocycles. The standard InChI is InChI=1S/C16H19NO4/c1-12-14(11-20-10-13-6-3-2-4-7-13)21-15-8-5-9-16(12,15)17(18)19/h2-4,6-7,14-15H,1,5,8-11H2/t14?,15-,16+/m1/s1. The summed E-state index contributed by atoms with van der Waals surface area (Å²) in [6, 6.07) is 9.83. The van der Waals surface area contributed by atoms with Gasteiger partial charge in [0.25, 0.3) is 5.54 Å². The van der Waals surface area contributed by atoms with Crippen LogP contribution in [0.1, 0.15) is 24.8 Å². The second-order valence-electron chi connectivity index (χ2n) is 5.71. The van der Waals surface area contributed by atoms with Crippen molar-refractivity contribution in [3.8, 4) is 0 Å². The maximum absolute atomic E-state index is 11.5. The molecule has 21 heavy (non-hydrogen) atoms. The summed E-state index contributed by atoms with van der Waals surface area (Å²) in [5, 5.41) is 11.5. The minimum Gasteiger partial charge on any atom is -0.374 e. The van der Waals surface area contributed by atoms with Crippen molar-refractivity contribution in [2.45, 2.75) is 43.6 Å². The zero-order chi connectivity index (χ0) is 14.9. The van der Waals surface area contributed by atoms with Crippen molar-refractivity contribution in [2.75, 3.05) is 6.61 Å². The molecule has 0 spiro atoms. The van der Waals surface area contributed by atoms with Gasteiger partial charge < -0.3 is 9.47 Å². The summed E-state index contributed by atoms with van der Waals surface area (Å²) in [6.45, 7) is 4.75. The van der Waals surface area contributed by atoms with Crippen molar-refractivity contribution < 1.29 is 14.4 Å². The number of nitro groups is 1. The van der Waals surface area contributed by atoms with Crippen LogP contribution in [-0.2, 0) is 16.1 Å². The van der Waals surface area contributed by atoms with Crippen LogP contribution in [-0.4, -0.2) is 29.3 Å². The summed E-state index contributed by atoms with van der Waals surface area (Å²) < 4.78 is 11.5. The topological polar surface area (TPSA) is 61.6 Å². The molecule has 5 nitrogen and oxygen atoms in total. The van der Waals surface area contributed by atoms with E-state index in [1.54, 1.807) is 0 Å². The van der Waals surface area contributed by atoms with Crippen molar-refractivity contribution in [1.82, 2.24) is 0 Å². The van der Waals surface area contributed by atoms with Gasteiger partial charge in [-0.3, -0.25) is 10.1 Å². The van der Waals surface area contributed by atoms with Crippen LogP contribution >= 0.6 is 0 Å². The van der Waals surface area contributed by atoms with E-state index in [2.05, 4.69) is 6.58 Å². The first-order valence-corrected chi connectivity index (χ1v) is 7.25. The second-order valence-corrected chi connectivity index (χ2v) is 5.71. The molecule has 0 amide bonds. The van der Waals surface area contributed by atoms with Crippen molar-refractivity contribution in [1.29, 1.82) is 0 Å². The lowest BCUT2D eigenvalue weighted by atomic mass is 9.88. The number of hydrogen-bond donors (Lipinski definition) is 0. The van der Waals surface area contributed by atoms with Gasteiger partial charge in [-0.25, -0.2) is 0 Å². The molecule has 0 radical (unpaired) electrons. The molecule has 0 aromatic heterocycles. The Morgan fingerprint density at radius 1 is 1.43 bits per heavy atom. The molecular weight excluding hydrogens is 270 g/mol. The predicted molar refractivity (Wildman–Crippen MR) is 77.5 cm³/mol. The molecule has 1 aromatic rings. The molecule has 2 fully saturated rings. The van der Waals surface area contributed by atoms with E-state index in [-0.39, 0.29) is 17.1 Å². The van der Waals surface area contributed by atoms with Crippen molar-refractivity contribution in [2.24, 2.45) is 0 Å². The van der Waals surface area contributed by atoms with Gasteiger partial charge in [-0.05, 0) is 18.4 Å². The van der Waals surface area contributed by atoms with Gasteiger partial charge >= 0.3 is 0 Å². The smallest absolute Gasteiger partial charge is 0.271 e. The number of fused-ring (bicyclic) bond motifs is 1. The van der Waals surface area contributed by atoms with Crippen LogP contribution < -0.4 is 0 Å². The summed E-state index contributed by atoms with van der Waals surface area (Å²) in [5.74, 6) is 0. The fraction of sp³-hybridized carbons (Fsp3) is 0.500. The summed E-state index contributed by atoms with van der Waals surface area (Å²) >= 11 is 0. The molecule has 1 aliphatic heterocycles. The fourth-order valence-corrected chi connectivity index (χ4v) is 3.39. The molecule has 1 saturated carbocycles. The Bertz CT molecular complexity index is 544. The molecule has 112 valence electrons. The van der Waals surface area contributed by atoms with Crippen molar-refractivity contribution >= 4 is 0 Å². The van der Waals surface area contributed by atoms with E-state index in [1.165, 1.54) is 0 Å². The molecule has 1 aliphatic carbocycles. The van der Waals surface area contributed by atoms with E-state index in [9.17, 15) is 10.1 Å². The van der Waals surface area contributed by atoms with E-state index in [0.717, 1.165) is 18.4 Å². The van der Waals surface area contributed by atoms with Crippen molar-refractivity contribution in [3.63, 3.8) is 0 Å². The molecule has 1 unspecified atom stereocenters. The van der Waals surface area contributed by atoms with Crippen LogP contribution in [0.15, 0.2) is 42.5 Å². The van der Waals surface area contributed by atoms with Gasteiger partial charge in [-0.15, -0.1) is 0 Å². The molecular formula is C16H19NO4. The quantitative estimate of drug-likeness (QED) is 0.475. The number of ether oxygens (including phenoxy) is 2. The van der Waals surface area contributed by atoms with Crippen molar-refractivity contribution in [3.05, 3.63) is 58.2 Å². The van der Waals surface area contributed by atoms with Crippen LogP contribution in [0.2, 0.25) is 0 Å². The van der Waals surface area contributed by atoms with Gasteiger partial charge in [0.1, 0.15) is 12.2 Å². The Balaban J connectivity index is 1.61. The van der Waals surface area contributed by atoms with Crippen LogP contribution in [0.25, 0.3) is 0 Å².